The highest BCUT2D eigenvalue weighted by Gasteiger charge is 2.61. The smallest absolute Gasteiger partial charge is 0.236 e. The highest BCUT2D eigenvalue weighted by Crippen LogP contribution is 2.59. The van der Waals surface area contributed by atoms with Crippen molar-refractivity contribution >= 4 is 40.6 Å². The van der Waals surface area contributed by atoms with Crippen molar-refractivity contribution < 1.29 is 9.59 Å². The van der Waals surface area contributed by atoms with Crippen molar-refractivity contribution in [3.05, 3.63) is 63.6 Å². The normalized spacial score (nSPS) is 27.6. The Morgan fingerprint density at radius 1 is 1.11 bits per heavy atom. The maximum Gasteiger partial charge on any atom is 0.236 e. The highest BCUT2D eigenvalue weighted by molar-refractivity contribution is 6.31. The topological polar surface area (TPSA) is 46.2 Å². The lowest BCUT2D eigenvalue weighted by Crippen LogP contribution is -2.53. The van der Waals surface area contributed by atoms with E-state index in [1.165, 1.54) is 0 Å². The molecule has 0 aromatic heterocycles. The molecule has 5 heteroatoms. The van der Waals surface area contributed by atoms with Gasteiger partial charge in [0.2, 0.25) is 5.91 Å². The molecule has 4 atom stereocenters. The second-order valence-corrected chi connectivity index (χ2v) is 8.93. The van der Waals surface area contributed by atoms with Crippen LogP contribution in [0.3, 0.4) is 0 Å². The van der Waals surface area contributed by atoms with E-state index in [1.54, 1.807) is 0 Å². The van der Waals surface area contributed by atoms with Gasteiger partial charge in [-0.05, 0) is 47.2 Å². The van der Waals surface area contributed by atoms with E-state index < -0.39 is 5.41 Å². The van der Waals surface area contributed by atoms with Gasteiger partial charge in [0.15, 0.2) is 0 Å². The first-order chi connectivity index (χ1) is 13.4. The second kappa shape index (κ2) is 7.20. The zero-order chi connectivity index (χ0) is 20.1. The summed E-state index contributed by atoms with van der Waals surface area (Å²) in [5, 5.41) is 4.27. The summed E-state index contributed by atoms with van der Waals surface area (Å²) in [7, 11) is 0. The first-order valence-electron chi connectivity index (χ1n) is 9.76. The summed E-state index contributed by atoms with van der Waals surface area (Å²) in [5.41, 5.74) is 1.84. The van der Waals surface area contributed by atoms with E-state index in [-0.39, 0.29) is 29.4 Å². The van der Waals surface area contributed by atoms with Crippen molar-refractivity contribution in [3.8, 4) is 0 Å². The van der Waals surface area contributed by atoms with Gasteiger partial charge in [0.05, 0.1) is 5.41 Å². The fraction of sp³-hybridized carbons (Fsp3) is 0.391. The van der Waals surface area contributed by atoms with Gasteiger partial charge in [-0.15, -0.1) is 0 Å². The van der Waals surface area contributed by atoms with Crippen LogP contribution in [0.25, 0.3) is 0 Å². The SMILES string of the molecule is CCC(C)[C@H]1CC(=O)C[C@@H](c2cccc(Cl)c2)[C@]12C(=O)Nc1cc(Cl)ccc12. The van der Waals surface area contributed by atoms with E-state index in [2.05, 4.69) is 19.2 Å². The molecule has 2 aromatic carbocycles. The molecular formula is C23H23Cl2NO2. The van der Waals surface area contributed by atoms with Crippen LogP contribution in [-0.4, -0.2) is 11.7 Å². The molecule has 1 fully saturated rings. The maximum absolute atomic E-state index is 13.6. The molecule has 1 unspecified atom stereocenters. The molecule has 3 nitrogen and oxygen atoms in total. The Hall–Kier alpha value is -1.84. The lowest BCUT2D eigenvalue weighted by Gasteiger charge is -2.48. The fourth-order valence-electron chi connectivity index (χ4n) is 5.22. The predicted octanol–water partition coefficient (Wildman–Crippen LogP) is 5.99. The first kappa shape index (κ1) is 19.5. The van der Waals surface area contributed by atoms with E-state index in [4.69, 9.17) is 23.2 Å². The molecule has 1 aliphatic carbocycles. The summed E-state index contributed by atoms with van der Waals surface area (Å²) in [6.07, 6.45) is 1.66. The Labute approximate surface area is 175 Å². The number of anilines is 1. The van der Waals surface area contributed by atoms with Crippen molar-refractivity contribution in [1.82, 2.24) is 0 Å². The summed E-state index contributed by atoms with van der Waals surface area (Å²) in [6.45, 7) is 4.25. The summed E-state index contributed by atoms with van der Waals surface area (Å²) in [5.74, 6) is 0.0565. The molecule has 146 valence electrons. The minimum atomic E-state index is -0.798. The van der Waals surface area contributed by atoms with E-state index >= 15 is 0 Å². The molecule has 0 bridgehead atoms. The van der Waals surface area contributed by atoms with Crippen LogP contribution in [0.2, 0.25) is 10.0 Å². The third kappa shape index (κ3) is 2.87. The molecule has 1 saturated carbocycles. The lowest BCUT2D eigenvalue weighted by atomic mass is 9.52. The van der Waals surface area contributed by atoms with Crippen LogP contribution < -0.4 is 5.32 Å². The van der Waals surface area contributed by atoms with E-state index in [0.29, 0.717) is 22.9 Å². The third-order valence-electron chi connectivity index (χ3n) is 6.65. The van der Waals surface area contributed by atoms with Crippen molar-refractivity contribution in [2.75, 3.05) is 5.32 Å². The summed E-state index contributed by atoms with van der Waals surface area (Å²) >= 11 is 12.5. The van der Waals surface area contributed by atoms with Crippen LogP contribution >= 0.6 is 23.2 Å². The molecule has 1 N–H and O–H groups in total. The molecule has 1 aliphatic heterocycles. The number of Topliss-reactive ketones (excluding diaryl/α,β-unsaturated/α-hetero) is 1. The molecule has 28 heavy (non-hydrogen) atoms. The van der Waals surface area contributed by atoms with E-state index in [9.17, 15) is 9.59 Å². The van der Waals surface area contributed by atoms with E-state index in [0.717, 1.165) is 23.2 Å². The zero-order valence-electron chi connectivity index (χ0n) is 16.0. The Bertz CT molecular complexity index is 957. The summed E-state index contributed by atoms with van der Waals surface area (Å²) in [4.78, 5) is 26.4. The first-order valence-corrected chi connectivity index (χ1v) is 10.5. The summed E-state index contributed by atoms with van der Waals surface area (Å²) < 4.78 is 0. The number of rotatable bonds is 3. The number of amides is 1. The number of benzene rings is 2. The van der Waals surface area contributed by atoms with Gasteiger partial charge in [0.25, 0.3) is 0 Å². The molecule has 0 radical (unpaired) electrons. The van der Waals surface area contributed by atoms with Crippen LogP contribution in [0.1, 0.15) is 50.2 Å². The third-order valence-corrected chi connectivity index (χ3v) is 7.12. The number of hydrogen-bond acceptors (Lipinski definition) is 2. The lowest BCUT2D eigenvalue weighted by molar-refractivity contribution is -0.132. The van der Waals surface area contributed by atoms with Gasteiger partial charge in [-0.2, -0.15) is 0 Å². The number of halogens is 2. The average molecular weight is 416 g/mol. The van der Waals surface area contributed by atoms with Crippen LogP contribution in [0.5, 0.6) is 0 Å². The Morgan fingerprint density at radius 3 is 2.57 bits per heavy atom. The van der Waals surface area contributed by atoms with Gasteiger partial charge >= 0.3 is 0 Å². The monoisotopic (exact) mass is 415 g/mol. The van der Waals surface area contributed by atoms with Crippen LogP contribution in [0.4, 0.5) is 5.69 Å². The molecule has 1 spiro atoms. The Morgan fingerprint density at radius 2 is 1.86 bits per heavy atom. The van der Waals surface area contributed by atoms with Gasteiger partial charge < -0.3 is 5.32 Å². The van der Waals surface area contributed by atoms with Gasteiger partial charge in [-0.3, -0.25) is 9.59 Å². The van der Waals surface area contributed by atoms with Crippen LogP contribution in [0.15, 0.2) is 42.5 Å². The number of hydrogen-bond donors (Lipinski definition) is 1. The van der Waals surface area contributed by atoms with E-state index in [1.807, 2.05) is 42.5 Å². The molecular weight excluding hydrogens is 393 g/mol. The van der Waals surface area contributed by atoms with Crippen LogP contribution in [0, 0.1) is 11.8 Å². The second-order valence-electron chi connectivity index (χ2n) is 8.06. The fourth-order valence-corrected chi connectivity index (χ4v) is 5.59. The number of ketones is 1. The van der Waals surface area contributed by atoms with Crippen LogP contribution in [-0.2, 0) is 15.0 Å². The number of carbonyl (C=O) groups excluding carboxylic acids is 2. The number of fused-ring (bicyclic) bond motifs is 2. The molecule has 2 aliphatic rings. The van der Waals surface area contributed by atoms with Crippen molar-refractivity contribution in [1.29, 1.82) is 0 Å². The van der Waals surface area contributed by atoms with Gasteiger partial charge in [0, 0.05) is 34.5 Å². The molecule has 1 amide bonds. The molecule has 1 heterocycles. The zero-order valence-corrected chi connectivity index (χ0v) is 17.5. The standard InChI is InChI=1S/C23H23Cl2NO2/c1-3-13(2)19-11-17(27)12-20(14-5-4-6-15(24)9-14)23(19)18-8-7-16(25)10-21(18)26-22(23)28/h4-10,13,19-20H,3,11-12H2,1-2H3,(H,26,28)/t13?,19-,20+,23-/m1/s1. The number of carbonyl (C=O) groups is 2. The van der Waals surface area contributed by atoms with Crippen molar-refractivity contribution in [2.24, 2.45) is 11.8 Å². The molecule has 2 aromatic rings. The predicted molar refractivity (Wildman–Crippen MR) is 113 cm³/mol. The minimum Gasteiger partial charge on any atom is -0.325 e. The van der Waals surface area contributed by atoms with Crippen molar-refractivity contribution in [3.63, 3.8) is 0 Å². The van der Waals surface area contributed by atoms with Crippen molar-refractivity contribution in [2.45, 2.75) is 44.4 Å². The average Bonchev–Trinajstić information content (AvgIpc) is 2.94. The maximum atomic E-state index is 13.6. The Balaban J connectivity index is 1.99. The highest BCUT2D eigenvalue weighted by atomic mass is 35.5. The largest absolute Gasteiger partial charge is 0.325 e. The molecule has 4 rings (SSSR count). The quantitative estimate of drug-likeness (QED) is 0.668. The minimum absolute atomic E-state index is 0.0347. The Kier molecular flexibility index (Phi) is 5.01. The van der Waals surface area contributed by atoms with Gasteiger partial charge in [-0.25, -0.2) is 0 Å². The molecule has 0 saturated heterocycles. The number of nitrogens with one attached hydrogen (secondary N) is 1. The van der Waals surface area contributed by atoms with Gasteiger partial charge in [-0.1, -0.05) is 61.7 Å². The summed E-state index contributed by atoms with van der Waals surface area (Å²) in [6, 6.07) is 13.2. The van der Waals surface area contributed by atoms with Gasteiger partial charge in [0.1, 0.15) is 5.78 Å².